The molecule has 2 N–H and O–H groups in total. The van der Waals surface area contributed by atoms with Crippen LogP contribution in [0.5, 0.6) is 0 Å². The molecule has 7 atom stereocenters. The van der Waals surface area contributed by atoms with Gasteiger partial charge in [-0.3, -0.25) is 19.2 Å². The van der Waals surface area contributed by atoms with Crippen molar-refractivity contribution in [2.45, 2.75) is 49.6 Å². The van der Waals surface area contributed by atoms with Crippen LogP contribution in [-0.4, -0.2) is 77.2 Å². The molecule has 4 aliphatic rings. The Morgan fingerprint density at radius 2 is 1.80 bits per heavy atom. The first-order chi connectivity index (χ1) is 21.7. The topological polar surface area (TPSA) is 125 Å². The number of hydrogen-bond donors (Lipinski definition) is 2. The average Bonchev–Trinajstić information content (AvgIpc) is 3.64. The van der Waals surface area contributed by atoms with Crippen LogP contribution in [0.15, 0.2) is 77.3 Å². The minimum Gasteiger partial charge on any atom is -0.463 e. The lowest BCUT2D eigenvalue weighted by atomic mass is 9.74. The number of likely N-dealkylation sites (tertiary alicyclic amines) is 1. The third-order valence-corrected chi connectivity index (χ3v) is 9.88. The summed E-state index contributed by atoms with van der Waals surface area (Å²) < 4.78 is 12.7. The second kappa shape index (κ2) is 12.7. The van der Waals surface area contributed by atoms with Gasteiger partial charge in [0, 0.05) is 28.2 Å². The van der Waals surface area contributed by atoms with Crippen LogP contribution < -0.4 is 10.2 Å². The van der Waals surface area contributed by atoms with E-state index >= 15 is 0 Å². The average molecular weight is 699 g/mol. The molecule has 4 heterocycles. The zero-order valence-electron chi connectivity index (χ0n) is 24.5. The Hall–Kier alpha value is -3.51. The maximum absolute atomic E-state index is 14.7. The van der Waals surface area contributed by atoms with Crippen molar-refractivity contribution < 1.29 is 33.8 Å². The van der Waals surface area contributed by atoms with E-state index in [0.29, 0.717) is 21.6 Å². The number of aliphatic hydroxyl groups is 1. The van der Waals surface area contributed by atoms with Gasteiger partial charge in [0.2, 0.25) is 11.8 Å². The minimum absolute atomic E-state index is 0.101. The van der Waals surface area contributed by atoms with Gasteiger partial charge in [-0.25, -0.2) is 0 Å². The number of nitrogens with zero attached hydrogens (tertiary/aromatic N) is 2. The molecular weight excluding hydrogens is 666 g/mol. The highest BCUT2D eigenvalue weighted by atomic mass is 79.9. The Morgan fingerprint density at radius 3 is 2.51 bits per heavy atom. The van der Waals surface area contributed by atoms with Gasteiger partial charge in [-0.05, 0) is 49.2 Å². The molecule has 45 heavy (non-hydrogen) atoms. The van der Waals surface area contributed by atoms with Gasteiger partial charge in [0.15, 0.2) is 0 Å². The Labute approximate surface area is 274 Å². The van der Waals surface area contributed by atoms with E-state index in [9.17, 15) is 24.3 Å². The number of halogens is 2. The van der Waals surface area contributed by atoms with Crippen molar-refractivity contribution in [3.8, 4) is 0 Å². The highest BCUT2D eigenvalue weighted by Crippen LogP contribution is 2.59. The van der Waals surface area contributed by atoms with E-state index in [-0.39, 0.29) is 19.6 Å². The van der Waals surface area contributed by atoms with Gasteiger partial charge >= 0.3 is 5.97 Å². The quantitative estimate of drug-likeness (QED) is 0.369. The number of aliphatic hydroxyl groups excluding tert-OH is 1. The number of ether oxygens (including phenoxy) is 2. The zero-order chi connectivity index (χ0) is 31.9. The van der Waals surface area contributed by atoms with Gasteiger partial charge in [0.1, 0.15) is 24.4 Å². The third-order valence-electron chi connectivity index (χ3n) is 8.94. The second-order valence-corrected chi connectivity index (χ2v) is 13.0. The molecule has 10 nitrogen and oxygen atoms in total. The molecule has 1 spiro atoms. The molecule has 0 unspecified atom stereocenters. The first-order valence-corrected chi connectivity index (χ1v) is 16.1. The molecule has 0 radical (unpaired) electrons. The number of nitrogens with one attached hydrogen (secondary N) is 1. The predicted octanol–water partition coefficient (Wildman–Crippen LogP) is 3.68. The van der Waals surface area contributed by atoms with Crippen molar-refractivity contribution in [3.63, 3.8) is 0 Å². The first kappa shape index (κ1) is 31.5. The Balaban J connectivity index is 1.46. The number of fused-ring (bicyclic) bond motifs is 2. The number of allylic oxidation sites excluding steroid dienone is 1. The highest BCUT2D eigenvalue weighted by molar-refractivity contribution is 9.11. The highest BCUT2D eigenvalue weighted by Gasteiger charge is 2.75. The van der Waals surface area contributed by atoms with Crippen LogP contribution in [0.2, 0.25) is 5.02 Å². The molecule has 2 fully saturated rings. The summed E-state index contributed by atoms with van der Waals surface area (Å²) in [6, 6.07) is 13.3. The van der Waals surface area contributed by atoms with Crippen LogP contribution in [0.3, 0.4) is 0 Å². The summed E-state index contributed by atoms with van der Waals surface area (Å²) in [7, 11) is 0. The molecule has 0 saturated carbocycles. The van der Waals surface area contributed by atoms with Crippen molar-refractivity contribution in [2.75, 3.05) is 24.7 Å². The van der Waals surface area contributed by atoms with Crippen LogP contribution in [-0.2, 0) is 28.7 Å². The van der Waals surface area contributed by atoms with Gasteiger partial charge in [-0.2, -0.15) is 0 Å². The van der Waals surface area contributed by atoms with Crippen molar-refractivity contribution >= 4 is 56.9 Å². The number of benzene rings is 2. The molecule has 5 bridgehead atoms. The fourth-order valence-corrected chi connectivity index (χ4v) is 7.67. The molecule has 236 valence electrons. The summed E-state index contributed by atoms with van der Waals surface area (Å²) in [5.74, 6) is -3.83. The zero-order valence-corrected chi connectivity index (χ0v) is 26.8. The van der Waals surface area contributed by atoms with Gasteiger partial charge in [0.05, 0.1) is 30.5 Å². The number of esters is 1. The first-order valence-electron chi connectivity index (χ1n) is 14.9. The van der Waals surface area contributed by atoms with E-state index in [2.05, 4.69) is 21.2 Å². The number of anilines is 1. The van der Waals surface area contributed by atoms with E-state index < -0.39 is 72.0 Å². The van der Waals surface area contributed by atoms with Gasteiger partial charge in [-0.15, -0.1) is 0 Å². The summed E-state index contributed by atoms with van der Waals surface area (Å²) in [5.41, 5.74) is -0.212. The van der Waals surface area contributed by atoms with Crippen LogP contribution in [0, 0.1) is 11.8 Å². The molecule has 0 aliphatic carbocycles. The lowest BCUT2D eigenvalue weighted by Crippen LogP contribution is -2.58. The van der Waals surface area contributed by atoms with Crippen molar-refractivity contribution in [2.24, 2.45) is 11.8 Å². The molecule has 2 aromatic rings. The SMILES string of the molecule is C[C@H](CO)N1C(=O)[C@@H]2[C@H]3C(=O)N[C@@H](c4ccccc4)COC(=O)CC/C=C\CN(c4ccc(Cl)cc4)C(=O)[C@@H]1[C@]21C=C(Br)[C@H]3O1. The Morgan fingerprint density at radius 1 is 1.07 bits per heavy atom. The number of cyclic esters (lactones) is 1. The van der Waals surface area contributed by atoms with Crippen molar-refractivity contribution in [1.82, 2.24) is 10.2 Å². The van der Waals surface area contributed by atoms with Gasteiger partial charge in [0.25, 0.3) is 5.91 Å². The van der Waals surface area contributed by atoms with E-state index in [1.165, 1.54) is 9.80 Å². The second-order valence-electron chi connectivity index (χ2n) is 11.7. The summed E-state index contributed by atoms with van der Waals surface area (Å²) in [4.78, 5) is 58.8. The molecule has 6 rings (SSSR count). The van der Waals surface area contributed by atoms with Crippen molar-refractivity contribution in [1.29, 1.82) is 0 Å². The number of carbonyl (C=O) groups is 4. The fraction of sp³-hybridized carbons (Fsp3) is 0.394. The molecule has 0 aromatic heterocycles. The Bertz CT molecular complexity index is 1550. The predicted molar refractivity (Wildman–Crippen MR) is 169 cm³/mol. The minimum atomic E-state index is -1.47. The molecule has 2 aromatic carbocycles. The monoisotopic (exact) mass is 697 g/mol. The summed E-state index contributed by atoms with van der Waals surface area (Å²) in [6.45, 7) is 1.29. The van der Waals surface area contributed by atoms with E-state index in [1.807, 2.05) is 30.3 Å². The normalized spacial score (nSPS) is 31.7. The van der Waals surface area contributed by atoms with E-state index in [4.69, 9.17) is 21.1 Å². The number of carbonyl (C=O) groups excluding carboxylic acids is 4. The maximum atomic E-state index is 14.7. The van der Waals surface area contributed by atoms with Gasteiger partial charge < -0.3 is 29.7 Å². The lowest BCUT2D eigenvalue weighted by molar-refractivity contribution is -0.146. The number of amides is 3. The summed E-state index contributed by atoms with van der Waals surface area (Å²) in [6.07, 6.45) is 4.97. The fourth-order valence-electron chi connectivity index (χ4n) is 6.81. The summed E-state index contributed by atoms with van der Waals surface area (Å²) >= 11 is 9.72. The third kappa shape index (κ3) is 5.60. The van der Waals surface area contributed by atoms with Crippen LogP contribution in [0.1, 0.15) is 31.4 Å². The molecule has 3 amide bonds. The maximum Gasteiger partial charge on any atom is 0.306 e. The largest absolute Gasteiger partial charge is 0.463 e. The molecule has 12 heteroatoms. The van der Waals surface area contributed by atoms with Crippen LogP contribution >= 0.6 is 27.5 Å². The molecular formula is C33H33BrClN3O7. The standard InChI is InChI=1S/C33H33BrClN3O7/c1-19(17-39)38-29-32(43)37(22-13-11-21(35)12-14-22)15-7-3-6-10-25(40)44-18-24(20-8-4-2-5-9-20)36-30(41)26-27(31(38)42)33(29)16-23(34)28(26)45-33/h2-5,7-9,11-14,16,19,24,26-29,39H,6,10,15,17-18H2,1H3,(H,36,41)/b7-3-/t19-,24-,26-,27+,28-,29-,33+/m1/s1. The smallest absolute Gasteiger partial charge is 0.306 e. The summed E-state index contributed by atoms with van der Waals surface area (Å²) in [5, 5.41) is 13.7. The lowest BCUT2D eigenvalue weighted by Gasteiger charge is -2.37. The number of rotatable bonds is 4. The van der Waals surface area contributed by atoms with Crippen LogP contribution in [0.25, 0.3) is 0 Å². The number of hydrogen-bond acceptors (Lipinski definition) is 7. The van der Waals surface area contributed by atoms with E-state index in [0.717, 1.165) is 5.56 Å². The van der Waals surface area contributed by atoms with Gasteiger partial charge in [-0.1, -0.05) is 70.0 Å². The van der Waals surface area contributed by atoms with Crippen molar-refractivity contribution in [3.05, 3.63) is 87.9 Å². The van der Waals surface area contributed by atoms with Crippen LogP contribution in [0.4, 0.5) is 5.69 Å². The molecule has 2 saturated heterocycles. The van der Waals surface area contributed by atoms with E-state index in [1.54, 1.807) is 49.4 Å². The Kier molecular flexibility index (Phi) is 8.89. The molecule has 4 aliphatic heterocycles.